The van der Waals surface area contributed by atoms with Crippen LogP contribution in [0.1, 0.15) is 11.3 Å². The lowest BCUT2D eigenvalue weighted by molar-refractivity contribution is -0.137. The van der Waals surface area contributed by atoms with E-state index in [1.54, 1.807) is 47.5 Å². The Morgan fingerprint density at radius 2 is 1.94 bits per heavy atom. The van der Waals surface area contributed by atoms with Gasteiger partial charge in [0.05, 0.1) is 29.1 Å². The highest BCUT2D eigenvalue weighted by molar-refractivity contribution is 7.99. The van der Waals surface area contributed by atoms with Crippen molar-refractivity contribution in [3.05, 3.63) is 77.5 Å². The number of thioether (sulfide) groups is 1. The molecule has 0 aliphatic heterocycles. The average molecular weight is 494 g/mol. The Morgan fingerprint density at radius 1 is 1.15 bits per heavy atom. The summed E-state index contributed by atoms with van der Waals surface area (Å²) in [6.07, 6.45) is 0.178. The fraction of sp³-hybridized carbons (Fsp3) is 0.143. The summed E-state index contributed by atoms with van der Waals surface area (Å²) in [5, 5.41) is 10.9. The van der Waals surface area contributed by atoms with Crippen molar-refractivity contribution in [2.75, 3.05) is 11.1 Å². The second-order valence-corrected chi connectivity index (χ2v) is 8.09. The zero-order valence-corrected chi connectivity index (χ0v) is 18.3. The van der Waals surface area contributed by atoms with Crippen LogP contribution in [-0.2, 0) is 17.5 Å². The maximum Gasteiger partial charge on any atom is 0.417 e. The number of halogens is 4. The van der Waals surface area contributed by atoms with Crippen LogP contribution in [0.3, 0.4) is 0 Å². The normalized spacial score (nSPS) is 11.5. The van der Waals surface area contributed by atoms with Gasteiger partial charge in [-0.05, 0) is 42.5 Å². The Kier molecular flexibility index (Phi) is 6.70. The van der Waals surface area contributed by atoms with Crippen LogP contribution in [0.15, 0.2) is 70.7 Å². The first-order chi connectivity index (χ1) is 15.8. The Bertz CT molecular complexity index is 1250. The molecular formula is C21H15ClF3N5O2S. The molecule has 0 unspecified atom stereocenters. The molecule has 0 saturated carbocycles. The minimum Gasteiger partial charge on any atom is -0.467 e. The lowest BCUT2D eigenvalue weighted by Crippen LogP contribution is -2.16. The van der Waals surface area contributed by atoms with Crippen molar-refractivity contribution < 1.29 is 22.4 Å². The van der Waals surface area contributed by atoms with Gasteiger partial charge in [0.1, 0.15) is 5.76 Å². The van der Waals surface area contributed by atoms with Crippen molar-refractivity contribution in [1.29, 1.82) is 0 Å². The van der Waals surface area contributed by atoms with E-state index in [9.17, 15) is 18.0 Å². The molecule has 7 nitrogen and oxygen atoms in total. The first-order valence-electron chi connectivity index (χ1n) is 9.46. The van der Waals surface area contributed by atoms with Gasteiger partial charge in [0.2, 0.25) is 5.91 Å². The first kappa shape index (κ1) is 22.9. The molecule has 0 bridgehead atoms. The molecule has 33 heavy (non-hydrogen) atoms. The zero-order chi connectivity index (χ0) is 23.4. The van der Waals surface area contributed by atoms with Gasteiger partial charge in [0.15, 0.2) is 11.0 Å². The van der Waals surface area contributed by atoms with Gasteiger partial charge in [0, 0.05) is 23.6 Å². The number of aromatic nitrogens is 4. The van der Waals surface area contributed by atoms with Crippen molar-refractivity contribution in [2.24, 2.45) is 0 Å². The summed E-state index contributed by atoms with van der Waals surface area (Å²) >= 11 is 6.72. The molecule has 0 spiro atoms. The van der Waals surface area contributed by atoms with E-state index in [0.29, 0.717) is 23.3 Å². The number of benzene rings is 1. The quantitative estimate of drug-likeness (QED) is 0.348. The number of rotatable bonds is 7. The largest absolute Gasteiger partial charge is 0.467 e. The molecule has 12 heteroatoms. The van der Waals surface area contributed by atoms with E-state index in [2.05, 4.69) is 20.5 Å². The van der Waals surface area contributed by atoms with Crippen LogP contribution >= 0.6 is 23.4 Å². The lowest BCUT2D eigenvalue weighted by Gasteiger charge is -2.12. The van der Waals surface area contributed by atoms with Crippen LogP contribution in [0.25, 0.3) is 11.4 Å². The SMILES string of the molecule is O=C(CSc1nnc(-c2ccncc2)n1Cc1ccco1)Nc1ccc(Cl)c(C(F)(F)F)c1. The molecule has 1 aromatic carbocycles. The fourth-order valence-corrected chi connectivity index (χ4v) is 3.92. The van der Waals surface area contributed by atoms with Gasteiger partial charge >= 0.3 is 6.18 Å². The van der Waals surface area contributed by atoms with Crippen molar-refractivity contribution in [3.63, 3.8) is 0 Å². The van der Waals surface area contributed by atoms with Gasteiger partial charge in [-0.15, -0.1) is 10.2 Å². The van der Waals surface area contributed by atoms with Gasteiger partial charge in [-0.2, -0.15) is 13.2 Å². The van der Waals surface area contributed by atoms with Crippen LogP contribution in [0.2, 0.25) is 5.02 Å². The highest BCUT2D eigenvalue weighted by Gasteiger charge is 2.33. The lowest BCUT2D eigenvalue weighted by atomic mass is 10.2. The Balaban J connectivity index is 1.50. The van der Waals surface area contributed by atoms with Crippen molar-refractivity contribution in [2.45, 2.75) is 17.9 Å². The van der Waals surface area contributed by atoms with E-state index in [4.69, 9.17) is 16.0 Å². The maximum atomic E-state index is 13.0. The number of nitrogens with one attached hydrogen (secondary N) is 1. The summed E-state index contributed by atoms with van der Waals surface area (Å²) in [7, 11) is 0. The number of anilines is 1. The van der Waals surface area contributed by atoms with Crippen LogP contribution in [0.5, 0.6) is 0 Å². The van der Waals surface area contributed by atoms with Crippen LogP contribution in [0.4, 0.5) is 18.9 Å². The molecule has 0 aliphatic carbocycles. The smallest absolute Gasteiger partial charge is 0.417 e. The Hall–Kier alpha value is -3.31. The average Bonchev–Trinajstić information content (AvgIpc) is 3.44. The van der Waals surface area contributed by atoms with E-state index >= 15 is 0 Å². The molecule has 0 atom stereocenters. The van der Waals surface area contributed by atoms with E-state index in [1.807, 2.05) is 0 Å². The molecular weight excluding hydrogens is 479 g/mol. The number of furan rings is 1. The molecule has 4 aromatic rings. The number of hydrogen-bond acceptors (Lipinski definition) is 6. The van der Waals surface area contributed by atoms with Crippen LogP contribution in [-0.4, -0.2) is 31.4 Å². The van der Waals surface area contributed by atoms with Crippen LogP contribution < -0.4 is 5.32 Å². The van der Waals surface area contributed by atoms with E-state index < -0.39 is 22.7 Å². The second-order valence-electron chi connectivity index (χ2n) is 6.74. The third kappa shape index (κ3) is 5.55. The Morgan fingerprint density at radius 3 is 2.64 bits per heavy atom. The molecule has 0 radical (unpaired) electrons. The van der Waals surface area contributed by atoms with Gasteiger partial charge in [-0.3, -0.25) is 14.3 Å². The molecule has 0 saturated heterocycles. The minimum atomic E-state index is -4.63. The number of pyridine rings is 1. The third-order valence-electron chi connectivity index (χ3n) is 4.44. The van der Waals surface area contributed by atoms with Crippen molar-refractivity contribution in [3.8, 4) is 11.4 Å². The molecule has 0 fully saturated rings. The molecule has 3 heterocycles. The van der Waals surface area contributed by atoms with Gasteiger partial charge in [-0.25, -0.2) is 0 Å². The highest BCUT2D eigenvalue weighted by Crippen LogP contribution is 2.36. The third-order valence-corrected chi connectivity index (χ3v) is 5.73. The molecule has 0 aliphatic rings. The number of carbonyl (C=O) groups excluding carboxylic acids is 1. The molecule has 4 rings (SSSR count). The van der Waals surface area contributed by atoms with Gasteiger partial charge < -0.3 is 9.73 Å². The fourth-order valence-electron chi connectivity index (χ4n) is 2.96. The predicted octanol–water partition coefficient (Wildman–Crippen LogP) is 5.38. The monoisotopic (exact) mass is 493 g/mol. The topological polar surface area (TPSA) is 85.8 Å². The summed E-state index contributed by atoms with van der Waals surface area (Å²) in [6.45, 7) is 0.327. The molecule has 1 amide bonds. The van der Waals surface area contributed by atoms with Crippen molar-refractivity contribution >= 4 is 35.0 Å². The predicted molar refractivity (Wildman–Crippen MR) is 117 cm³/mol. The zero-order valence-electron chi connectivity index (χ0n) is 16.7. The number of alkyl halides is 3. The summed E-state index contributed by atoms with van der Waals surface area (Å²) in [5.41, 5.74) is -0.247. The molecule has 170 valence electrons. The number of amides is 1. The summed E-state index contributed by atoms with van der Waals surface area (Å²) in [4.78, 5) is 16.4. The Labute approximate surface area is 195 Å². The number of nitrogens with zero attached hydrogens (tertiary/aromatic N) is 4. The van der Waals surface area contributed by atoms with E-state index in [0.717, 1.165) is 29.5 Å². The summed E-state index contributed by atoms with van der Waals surface area (Å²) < 4.78 is 46.4. The first-order valence-corrected chi connectivity index (χ1v) is 10.8. The van der Waals surface area contributed by atoms with Crippen molar-refractivity contribution in [1.82, 2.24) is 19.7 Å². The maximum absolute atomic E-state index is 13.0. The number of carbonyl (C=O) groups is 1. The van der Waals surface area contributed by atoms with Crippen LogP contribution in [0, 0.1) is 0 Å². The second kappa shape index (κ2) is 9.67. The molecule has 1 N–H and O–H groups in total. The molecule has 3 aromatic heterocycles. The summed E-state index contributed by atoms with van der Waals surface area (Å²) in [6, 6.07) is 10.3. The standard InChI is InChI=1S/C21H15ClF3N5O2S/c22-17-4-3-14(10-16(17)21(23,24)25)27-18(31)12-33-20-29-28-19(13-5-7-26-8-6-13)30(20)11-15-2-1-9-32-15/h1-10H,11-12H2,(H,27,31). The highest BCUT2D eigenvalue weighted by atomic mass is 35.5. The van der Waals surface area contributed by atoms with Gasteiger partial charge in [0.25, 0.3) is 0 Å². The minimum absolute atomic E-state index is 0.00754. The van der Waals surface area contributed by atoms with E-state index in [1.165, 1.54) is 6.07 Å². The number of hydrogen-bond donors (Lipinski definition) is 1. The summed E-state index contributed by atoms with van der Waals surface area (Å²) in [5.74, 6) is 0.617. The van der Waals surface area contributed by atoms with E-state index in [-0.39, 0.29) is 11.4 Å². The van der Waals surface area contributed by atoms with Gasteiger partial charge in [-0.1, -0.05) is 23.4 Å².